The van der Waals surface area contributed by atoms with Crippen molar-refractivity contribution < 1.29 is 8.78 Å². The van der Waals surface area contributed by atoms with Gasteiger partial charge in [-0.25, -0.2) is 13.8 Å². The van der Waals surface area contributed by atoms with Crippen molar-refractivity contribution in [2.45, 2.75) is 23.4 Å². The van der Waals surface area contributed by atoms with E-state index in [4.69, 9.17) is 5.73 Å². The Labute approximate surface area is 108 Å². The first-order valence-corrected chi connectivity index (χ1v) is 6.20. The molecule has 0 radical (unpaired) electrons. The average molecular weight is 266 g/mol. The van der Waals surface area contributed by atoms with Crippen molar-refractivity contribution in [1.82, 2.24) is 4.98 Å². The minimum atomic E-state index is -0.583. The maximum absolute atomic E-state index is 13.5. The Morgan fingerprint density at radius 1 is 1.28 bits per heavy atom. The van der Waals surface area contributed by atoms with Crippen LogP contribution in [0.2, 0.25) is 0 Å². The highest BCUT2D eigenvalue weighted by molar-refractivity contribution is 7.99. The third kappa shape index (κ3) is 2.86. The van der Waals surface area contributed by atoms with E-state index in [9.17, 15) is 8.78 Å². The van der Waals surface area contributed by atoms with Crippen LogP contribution in [-0.2, 0) is 6.54 Å². The number of halogens is 2. The summed E-state index contributed by atoms with van der Waals surface area (Å²) in [5.74, 6) is -1.16. The van der Waals surface area contributed by atoms with E-state index < -0.39 is 11.6 Å². The quantitative estimate of drug-likeness (QED) is 0.926. The van der Waals surface area contributed by atoms with Crippen LogP contribution in [0.3, 0.4) is 0 Å². The first-order valence-electron chi connectivity index (χ1n) is 5.38. The molecule has 2 nitrogen and oxygen atoms in total. The van der Waals surface area contributed by atoms with Crippen molar-refractivity contribution in [2.24, 2.45) is 5.73 Å². The van der Waals surface area contributed by atoms with Gasteiger partial charge < -0.3 is 5.73 Å². The van der Waals surface area contributed by atoms with E-state index in [2.05, 4.69) is 4.98 Å². The van der Waals surface area contributed by atoms with Gasteiger partial charge in [0, 0.05) is 23.7 Å². The van der Waals surface area contributed by atoms with Gasteiger partial charge in [-0.05, 0) is 30.2 Å². The fourth-order valence-corrected chi connectivity index (χ4v) is 2.33. The van der Waals surface area contributed by atoms with Crippen LogP contribution >= 0.6 is 11.8 Å². The number of pyridine rings is 1. The topological polar surface area (TPSA) is 38.9 Å². The van der Waals surface area contributed by atoms with E-state index in [1.165, 1.54) is 23.9 Å². The summed E-state index contributed by atoms with van der Waals surface area (Å²) in [7, 11) is 0. The molecule has 0 spiro atoms. The smallest absolute Gasteiger partial charge is 0.140 e. The molecule has 1 aromatic carbocycles. The van der Waals surface area contributed by atoms with Crippen molar-refractivity contribution in [1.29, 1.82) is 0 Å². The van der Waals surface area contributed by atoms with E-state index in [0.29, 0.717) is 16.5 Å². The van der Waals surface area contributed by atoms with Gasteiger partial charge >= 0.3 is 0 Å². The van der Waals surface area contributed by atoms with Crippen LogP contribution in [0.25, 0.3) is 0 Å². The van der Waals surface area contributed by atoms with Gasteiger partial charge in [-0.1, -0.05) is 17.8 Å². The number of hydrogen-bond donors (Lipinski definition) is 1. The minimum Gasteiger partial charge on any atom is -0.326 e. The molecule has 1 heterocycles. The van der Waals surface area contributed by atoms with Gasteiger partial charge in [0.15, 0.2) is 0 Å². The van der Waals surface area contributed by atoms with Crippen molar-refractivity contribution in [3.8, 4) is 0 Å². The summed E-state index contributed by atoms with van der Waals surface area (Å²) in [4.78, 5) is 4.58. The van der Waals surface area contributed by atoms with E-state index in [0.717, 1.165) is 17.2 Å². The lowest BCUT2D eigenvalue weighted by Crippen LogP contribution is -1.98. The molecule has 0 aliphatic carbocycles. The number of nitrogens with zero attached hydrogens (tertiary/aromatic N) is 1. The Balaban J connectivity index is 2.28. The molecule has 0 unspecified atom stereocenters. The van der Waals surface area contributed by atoms with Gasteiger partial charge in [-0.3, -0.25) is 0 Å². The summed E-state index contributed by atoms with van der Waals surface area (Å²) in [6.07, 6.45) is 1.66. The Hall–Kier alpha value is -1.46. The second-order valence-corrected chi connectivity index (χ2v) is 4.88. The van der Waals surface area contributed by atoms with E-state index in [1.54, 1.807) is 6.20 Å². The second kappa shape index (κ2) is 5.46. The van der Waals surface area contributed by atoms with Crippen molar-refractivity contribution in [3.05, 3.63) is 53.2 Å². The third-order valence-corrected chi connectivity index (χ3v) is 3.59. The molecule has 18 heavy (non-hydrogen) atoms. The number of nitrogens with two attached hydrogens (primary N) is 1. The molecule has 5 heteroatoms. The van der Waals surface area contributed by atoms with Crippen LogP contribution in [0, 0.1) is 18.6 Å². The molecule has 0 saturated heterocycles. The average Bonchev–Trinajstić information content (AvgIpc) is 2.34. The number of hydrogen-bond acceptors (Lipinski definition) is 3. The van der Waals surface area contributed by atoms with E-state index in [1.807, 2.05) is 13.0 Å². The Morgan fingerprint density at radius 2 is 2.06 bits per heavy atom. The lowest BCUT2D eigenvalue weighted by atomic mass is 10.2. The predicted molar refractivity (Wildman–Crippen MR) is 67.3 cm³/mol. The first-order chi connectivity index (χ1) is 8.60. The fraction of sp³-hybridized carbons (Fsp3) is 0.154. The highest BCUT2D eigenvalue weighted by Crippen LogP contribution is 2.30. The highest BCUT2D eigenvalue weighted by atomic mass is 32.2. The van der Waals surface area contributed by atoms with Crippen LogP contribution < -0.4 is 5.73 Å². The molecule has 2 N–H and O–H groups in total. The van der Waals surface area contributed by atoms with Crippen LogP contribution in [0.5, 0.6) is 0 Å². The highest BCUT2D eigenvalue weighted by Gasteiger charge is 2.09. The number of aryl methyl sites for hydroxylation is 1. The molecule has 2 rings (SSSR count). The first kappa shape index (κ1) is 13.0. The zero-order valence-corrected chi connectivity index (χ0v) is 10.6. The maximum atomic E-state index is 13.5. The lowest BCUT2D eigenvalue weighted by molar-refractivity contribution is 0.565. The third-order valence-electron chi connectivity index (χ3n) is 2.42. The second-order valence-electron chi connectivity index (χ2n) is 3.85. The molecule has 0 bridgehead atoms. The van der Waals surface area contributed by atoms with Gasteiger partial charge in [0.25, 0.3) is 0 Å². The van der Waals surface area contributed by atoms with Gasteiger partial charge in [0.1, 0.15) is 16.7 Å². The zero-order valence-electron chi connectivity index (χ0n) is 9.78. The number of rotatable bonds is 3. The van der Waals surface area contributed by atoms with Gasteiger partial charge in [0.2, 0.25) is 0 Å². The summed E-state index contributed by atoms with van der Waals surface area (Å²) >= 11 is 1.18. The summed E-state index contributed by atoms with van der Waals surface area (Å²) in [6.45, 7) is 2.31. The molecule has 0 aliphatic rings. The fourth-order valence-electron chi connectivity index (χ4n) is 1.50. The van der Waals surface area contributed by atoms with E-state index >= 15 is 0 Å². The summed E-state index contributed by atoms with van der Waals surface area (Å²) < 4.78 is 26.3. The minimum absolute atomic E-state index is 0.354. The maximum Gasteiger partial charge on any atom is 0.140 e. The molecule has 94 valence electrons. The summed E-state index contributed by atoms with van der Waals surface area (Å²) in [6, 6.07) is 5.42. The standard InChI is InChI=1S/C13H12F2N2S/c1-8-4-9(6-16)7-17-13(8)18-12-3-2-10(14)5-11(12)15/h2-5,7H,6,16H2,1H3. The summed E-state index contributed by atoms with van der Waals surface area (Å²) in [5.41, 5.74) is 7.36. The molecule has 1 aromatic heterocycles. The van der Waals surface area contributed by atoms with Gasteiger partial charge in [-0.2, -0.15) is 0 Å². The zero-order chi connectivity index (χ0) is 13.1. The van der Waals surface area contributed by atoms with Gasteiger partial charge in [-0.15, -0.1) is 0 Å². The molecule has 0 atom stereocenters. The van der Waals surface area contributed by atoms with Crippen LogP contribution in [0.1, 0.15) is 11.1 Å². The molecule has 0 amide bonds. The van der Waals surface area contributed by atoms with Crippen LogP contribution in [0.4, 0.5) is 8.78 Å². The lowest BCUT2D eigenvalue weighted by Gasteiger charge is -2.07. The van der Waals surface area contributed by atoms with Gasteiger partial charge in [0.05, 0.1) is 0 Å². The number of benzene rings is 1. The predicted octanol–water partition coefficient (Wildman–Crippen LogP) is 3.28. The molecular formula is C13H12F2N2S. The molecular weight excluding hydrogens is 254 g/mol. The van der Waals surface area contributed by atoms with Crippen molar-refractivity contribution >= 4 is 11.8 Å². The molecule has 0 saturated carbocycles. The van der Waals surface area contributed by atoms with Crippen LogP contribution in [0.15, 0.2) is 40.4 Å². The Kier molecular flexibility index (Phi) is 3.93. The van der Waals surface area contributed by atoms with Crippen molar-refractivity contribution in [3.63, 3.8) is 0 Å². The molecule has 0 aliphatic heterocycles. The normalized spacial score (nSPS) is 10.7. The van der Waals surface area contributed by atoms with Crippen molar-refractivity contribution in [2.75, 3.05) is 0 Å². The Bertz CT molecular complexity index is 573. The van der Waals surface area contributed by atoms with Crippen LogP contribution in [-0.4, -0.2) is 4.98 Å². The number of aromatic nitrogens is 1. The molecule has 2 aromatic rings. The largest absolute Gasteiger partial charge is 0.326 e. The monoisotopic (exact) mass is 266 g/mol. The van der Waals surface area contributed by atoms with E-state index in [-0.39, 0.29) is 0 Å². The molecule has 0 fully saturated rings. The summed E-state index contributed by atoms with van der Waals surface area (Å²) in [5, 5.41) is 0.692. The Morgan fingerprint density at radius 3 is 2.67 bits per heavy atom. The SMILES string of the molecule is Cc1cc(CN)cnc1Sc1ccc(F)cc1F.